The molecule has 1 amide bonds. The largest absolute Gasteiger partial charge is 0.342 e. The Hall–Kier alpha value is -3.15. The fraction of sp³-hybridized carbons (Fsp3) is 0.267. The maximum atomic E-state index is 13.2. The Morgan fingerprint density at radius 1 is 0.857 bits per heavy atom. The molecule has 0 unspecified atom stereocenters. The summed E-state index contributed by atoms with van der Waals surface area (Å²) < 4.78 is 0. The number of benzene rings is 4. The highest BCUT2D eigenvalue weighted by Gasteiger charge is 2.23. The number of carbonyl (C=O) groups is 2. The fourth-order valence-electron chi connectivity index (χ4n) is 4.40. The van der Waals surface area contributed by atoms with Gasteiger partial charge in [-0.15, -0.1) is 0 Å². The highest BCUT2D eigenvalue weighted by atomic mass is 32.1. The van der Waals surface area contributed by atoms with Gasteiger partial charge in [-0.2, -0.15) is 12.6 Å². The average Bonchev–Trinajstić information content (AvgIpc) is 2.87. The predicted octanol–water partition coefficient (Wildman–Crippen LogP) is 5.72. The van der Waals surface area contributed by atoms with E-state index in [0.29, 0.717) is 30.2 Å². The van der Waals surface area contributed by atoms with E-state index in [1.165, 1.54) is 0 Å². The number of rotatable bonds is 10. The van der Waals surface area contributed by atoms with E-state index in [-0.39, 0.29) is 11.7 Å². The number of amides is 1. The summed E-state index contributed by atoms with van der Waals surface area (Å²) >= 11 is 4.27. The van der Waals surface area contributed by atoms with Crippen molar-refractivity contribution in [3.63, 3.8) is 0 Å². The summed E-state index contributed by atoms with van der Waals surface area (Å²) in [6, 6.07) is 25.9. The van der Waals surface area contributed by atoms with Gasteiger partial charge in [-0.25, -0.2) is 0 Å². The van der Waals surface area contributed by atoms with Crippen LogP contribution in [0.2, 0.25) is 0 Å². The first-order chi connectivity index (χ1) is 17.0. The molecule has 4 rings (SSSR count). The number of Topliss-reactive ketones (excluding diaryl/α,β-unsaturated/α-hetero) is 1. The number of nitrogens with one attached hydrogen (secondary N) is 2. The van der Waals surface area contributed by atoms with Crippen LogP contribution in [0.4, 0.5) is 0 Å². The predicted molar refractivity (Wildman–Crippen MR) is 148 cm³/mol. The van der Waals surface area contributed by atoms with Crippen LogP contribution in [0.15, 0.2) is 78.9 Å². The number of ketones is 1. The van der Waals surface area contributed by atoms with Crippen LogP contribution in [-0.2, 0) is 17.8 Å². The molecule has 35 heavy (non-hydrogen) atoms. The number of thiol groups is 1. The molecule has 0 saturated carbocycles. The second-order valence-corrected chi connectivity index (χ2v) is 9.65. The molecule has 0 aromatic heterocycles. The van der Waals surface area contributed by atoms with Crippen LogP contribution in [-0.4, -0.2) is 29.5 Å². The Balaban J connectivity index is 1.63. The zero-order valence-corrected chi connectivity index (χ0v) is 21.1. The lowest BCUT2D eigenvalue weighted by molar-refractivity contribution is -0.120. The Kier molecular flexibility index (Phi) is 8.21. The molecule has 0 aliphatic carbocycles. The van der Waals surface area contributed by atoms with Gasteiger partial charge in [0, 0.05) is 31.0 Å². The van der Waals surface area contributed by atoms with E-state index in [0.717, 1.165) is 39.2 Å². The van der Waals surface area contributed by atoms with E-state index in [9.17, 15) is 9.59 Å². The lowest BCUT2D eigenvalue weighted by atomic mass is 9.91. The van der Waals surface area contributed by atoms with Crippen molar-refractivity contribution < 1.29 is 9.59 Å². The van der Waals surface area contributed by atoms with Gasteiger partial charge in [-0.1, -0.05) is 74.5 Å². The van der Waals surface area contributed by atoms with E-state index in [4.69, 9.17) is 0 Å². The maximum Gasteiger partial charge on any atom is 0.251 e. The molecule has 0 aliphatic rings. The summed E-state index contributed by atoms with van der Waals surface area (Å²) in [5, 5.41) is 10.9. The van der Waals surface area contributed by atoms with Gasteiger partial charge >= 0.3 is 0 Å². The number of carbonyl (C=O) groups excluding carboxylic acids is 2. The third kappa shape index (κ3) is 6.11. The van der Waals surface area contributed by atoms with Gasteiger partial charge in [0.25, 0.3) is 5.91 Å². The molecular formula is C30H32N2O2S. The van der Waals surface area contributed by atoms with Crippen molar-refractivity contribution in [1.82, 2.24) is 10.6 Å². The quantitative estimate of drug-likeness (QED) is 0.199. The lowest BCUT2D eigenvalue weighted by Crippen LogP contribution is -2.42. The van der Waals surface area contributed by atoms with Crippen molar-refractivity contribution in [3.05, 3.63) is 95.6 Å². The molecule has 2 N–H and O–H groups in total. The van der Waals surface area contributed by atoms with Crippen LogP contribution >= 0.6 is 12.6 Å². The minimum Gasteiger partial charge on any atom is -0.342 e. The summed E-state index contributed by atoms with van der Waals surface area (Å²) in [7, 11) is 0. The zero-order valence-electron chi connectivity index (χ0n) is 20.3. The van der Waals surface area contributed by atoms with E-state index < -0.39 is 6.04 Å². The summed E-state index contributed by atoms with van der Waals surface area (Å²) in [5.41, 5.74) is 2.73. The van der Waals surface area contributed by atoms with Crippen LogP contribution < -0.4 is 10.6 Å². The maximum absolute atomic E-state index is 13.2. The van der Waals surface area contributed by atoms with Crippen LogP contribution in [0, 0.1) is 0 Å². The summed E-state index contributed by atoms with van der Waals surface area (Å²) in [6.45, 7) is 4.95. The molecule has 0 bridgehead atoms. The van der Waals surface area contributed by atoms with Crippen molar-refractivity contribution in [2.75, 3.05) is 5.75 Å². The molecule has 0 saturated heterocycles. The molecule has 0 aliphatic heterocycles. The van der Waals surface area contributed by atoms with E-state index in [1.807, 2.05) is 48.5 Å². The van der Waals surface area contributed by atoms with Crippen molar-refractivity contribution in [1.29, 1.82) is 0 Å². The van der Waals surface area contributed by atoms with Gasteiger partial charge in [-0.3, -0.25) is 9.59 Å². The molecule has 180 valence electrons. The van der Waals surface area contributed by atoms with Crippen LogP contribution in [0.1, 0.15) is 41.8 Å². The first-order valence-corrected chi connectivity index (χ1v) is 12.8. The second kappa shape index (κ2) is 11.5. The zero-order chi connectivity index (χ0) is 24.8. The van der Waals surface area contributed by atoms with Gasteiger partial charge in [0.05, 0.1) is 6.04 Å². The molecule has 0 radical (unpaired) electrons. The van der Waals surface area contributed by atoms with Gasteiger partial charge in [0.2, 0.25) is 0 Å². The lowest BCUT2D eigenvalue weighted by Gasteiger charge is -2.20. The van der Waals surface area contributed by atoms with Gasteiger partial charge in [0.1, 0.15) is 0 Å². The van der Waals surface area contributed by atoms with E-state index in [2.05, 4.69) is 67.4 Å². The topological polar surface area (TPSA) is 58.2 Å². The normalized spacial score (nSPS) is 12.2. The Morgan fingerprint density at radius 2 is 1.46 bits per heavy atom. The minimum atomic E-state index is -0.633. The van der Waals surface area contributed by atoms with Gasteiger partial charge in [0.15, 0.2) is 5.78 Å². The van der Waals surface area contributed by atoms with Crippen molar-refractivity contribution in [2.45, 2.75) is 45.3 Å². The SMILES string of the molecule is CC(C)NCc1ccc(C(=O)N[C@@H](Cc2c3ccccc3cc3ccccc23)C(=O)CCS)cc1. The van der Waals surface area contributed by atoms with Crippen molar-refractivity contribution in [2.24, 2.45) is 0 Å². The van der Waals surface area contributed by atoms with Gasteiger partial charge in [-0.05, 0) is 56.6 Å². The van der Waals surface area contributed by atoms with E-state index in [1.54, 1.807) is 0 Å². The monoisotopic (exact) mass is 484 g/mol. The van der Waals surface area contributed by atoms with Gasteiger partial charge < -0.3 is 10.6 Å². The second-order valence-electron chi connectivity index (χ2n) is 9.20. The first kappa shape index (κ1) is 25.0. The van der Waals surface area contributed by atoms with E-state index >= 15 is 0 Å². The van der Waals surface area contributed by atoms with Crippen molar-refractivity contribution >= 4 is 45.9 Å². The average molecular weight is 485 g/mol. The third-order valence-corrected chi connectivity index (χ3v) is 6.50. The number of hydrogen-bond donors (Lipinski definition) is 3. The molecular weight excluding hydrogens is 452 g/mol. The minimum absolute atomic E-state index is 0.0110. The smallest absolute Gasteiger partial charge is 0.251 e. The van der Waals surface area contributed by atoms with Crippen LogP contribution in [0.3, 0.4) is 0 Å². The van der Waals surface area contributed by atoms with Crippen molar-refractivity contribution in [3.8, 4) is 0 Å². The standard InChI is InChI=1S/C30H32N2O2S/c1-20(2)31-19-21-11-13-22(14-12-21)30(34)32-28(29(33)15-16-35)18-27-25-9-5-3-7-23(25)17-24-8-4-6-10-26(24)27/h3-14,17,20,28,31,35H,15-16,18-19H2,1-2H3,(H,32,34)/t28-/m0/s1. The molecule has 4 aromatic carbocycles. The molecule has 0 fully saturated rings. The molecule has 0 heterocycles. The first-order valence-electron chi connectivity index (χ1n) is 12.1. The highest BCUT2D eigenvalue weighted by Crippen LogP contribution is 2.29. The van der Waals surface area contributed by atoms with Crippen LogP contribution in [0.5, 0.6) is 0 Å². The fourth-order valence-corrected chi connectivity index (χ4v) is 4.62. The summed E-state index contributed by atoms with van der Waals surface area (Å²) in [6.07, 6.45) is 0.729. The number of hydrogen-bond acceptors (Lipinski definition) is 4. The number of fused-ring (bicyclic) bond motifs is 2. The molecule has 1 atom stereocenters. The highest BCUT2D eigenvalue weighted by molar-refractivity contribution is 7.80. The Bertz CT molecular complexity index is 1280. The van der Waals surface area contributed by atoms with Crippen LogP contribution in [0.25, 0.3) is 21.5 Å². The summed E-state index contributed by atoms with van der Waals surface area (Å²) in [5.74, 6) is 0.192. The third-order valence-electron chi connectivity index (χ3n) is 6.27. The Labute approximate surface area is 212 Å². The molecule has 5 heteroatoms. The molecule has 4 nitrogen and oxygen atoms in total. The molecule has 4 aromatic rings. The summed E-state index contributed by atoms with van der Waals surface area (Å²) in [4.78, 5) is 26.3. The Morgan fingerprint density at radius 3 is 2.03 bits per heavy atom. The molecule has 0 spiro atoms.